The number of ketones is 2. The Morgan fingerprint density at radius 3 is 2.62 bits per heavy atom. The van der Waals surface area contributed by atoms with Crippen molar-refractivity contribution >= 4 is 34.8 Å². The first kappa shape index (κ1) is 16.4. The second-order valence-electron chi connectivity index (χ2n) is 5.67. The van der Waals surface area contributed by atoms with E-state index in [-0.39, 0.29) is 30.3 Å². The first-order chi connectivity index (χ1) is 11.6. The highest BCUT2D eigenvalue weighted by molar-refractivity contribution is 6.31. The molecule has 1 aliphatic rings. The van der Waals surface area contributed by atoms with E-state index in [9.17, 15) is 14.4 Å². The summed E-state index contributed by atoms with van der Waals surface area (Å²) in [4.78, 5) is 38.2. The first-order valence-electron chi connectivity index (χ1n) is 7.77. The van der Waals surface area contributed by atoms with Gasteiger partial charge in [0.25, 0.3) is 0 Å². The molecule has 0 aromatic heterocycles. The van der Waals surface area contributed by atoms with Crippen LogP contribution in [0.4, 0.5) is 5.69 Å². The number of Topliss-reactive ketones (excluding diaryl/α,β-unsaturated/α-hetero) is 2. The van der Waals surface area contributed by atoms with Crippen molar-refractivity contribution in [3.63, 3.8) is 0 Å². The molecule has 0 unspecified atom stereocenters. The zero-order chi connectivity index (χ0) is 17.1. The number of fused-ring (bicyclic) bond motifs is 1. The van der Waals surface area contributed by atoms with E-state index in [0.717, 1.165) is 0 Å². The van der Waals surface area contributed by atoms with Crippen molar-refractivity contribution < 1.29 is 14.4 Å². The third-order valence-corrected chi connectivity index (χ3v) is 4.31. The summed E-state index contributed by atoms with van der Waals surface area (Å²) < 4.78 is 0. The van der Waals surface area contributed by atoms with Gasteiger partial charge >= 0.3 is 0 Å². The monoisotopic (exact) mass is 341 g/mol. The summed E-state index contributed by atoms with van der Waals surface area (Å²) in [5.74, 6) is -0.220. The lowest BCUT2D eigenvalue weighted by Gasteiger charge is -2.28. The van der Waals surface area contributed by atoms with Crippen LogP contribution >= 0.6 is 11.6 Å². The molecule has 0 fully saturated rings. The molecular formula is C19H16ClNO3. The third kappa shape index (κ3) is 3.39. The van der Waals surface area contributed by atoms with E-state index in [4.69, 9.17) is 11.6 Å². The van der Waals surface area contributed by atoms with Gasteiger partial charge in [-0.05, 0) is 24.3 Å². The SMILES string of the molecule is O=C(CCC(=O)N1CCC(=O)c2ccccc21)c1cccc(Cl)c1. The molecule has 0 spiro atoms. The number of halogens is 1. The van der Waals surface area contributed by atoms with Crippen molar-refractivity contribution in [1.82, 2.24) is 0 Å². The average molecular weight is 342 g/mol. The van der Waals surface area contributed by atoms with Gasteiger partial charge in [0.05, 0.1) is 5.69 Å². The normalized spacial score (nSPS) is 13.5. The van der Waals surface area contributed by atoms with Crippen LogP contribution in [0.3, 0.4) is 0 Å². The summed E-state index contributed by atoms with van der Waals surface area (Å²) in [7, 11) is 0. The van der Waals surface area contributed by atoms with Gasteiger partial charge < -0.3 is 4.90 Å². The molecule has 1 amide bonds. The van der Waals surface area contributed by atoms with Gasteiger partial charge in [0.1, 0.15) is 0 Å². The van der Waals surface area contributed by atoms with Gasteiger partial charge in [0.15, 0.2) is 11.6 Å². The van der Waals surface area contributed by atoms with E-state index in [2.05, 4.69) is 0 Å². The maximum absolute atomic E-state index is 12.5. The molecule has 0 saturated carbocycles. The molecule has 24 heavy (non-hydrogen) atoms. The van der Waals surface area contributed by atoms with E-state index in [1.54, 1.807) is 53.4 Å². The Morgan fingerprint density at radius 2 is 1.83 bits per heavy atom. The van der Waals surface area contributed by atoms with Crippen LogP contribution < -0.4 is 4.90 Å². The third-order valence-electron chi connectivity index (χ3n) is 4.07. The predicted molar refractivity (Wildman–Crippen MR) is 92.8 cm³/mol. The number of hydrogen-bond donors (Lipinski definition) is 0. The maximum Gasteiger partial charge on any atom is 0.227 e. The summed E-state index contributed by atoms with van der Waals surface area (Å²) in [5.41, 5.74) is 1.71. The minimum atomic E-state index is -0.148. The number of para-hydroxylation sites is 1. The molecule has 0 bridgehead atoms. The minimum absolute atomic E-state index is 0.0460. The summed E-state index contributed by atoms with van der Waals surface area (Å²) in [6.07, 6.45) is 0.532. The van der Waals surface area contributed by atoms with E-state index < -0.39 is 0 Å². The van der Waals surface area contributed by atoms with Gasteiger partial charge in [0.2, 0.25) is 5.91 Å². The molecule has 0 radical (unpaired) electrons. The van der Waals surface area contributed by atoms with Crippen LogP contribution in [-0.2, 0) is 4.79 Å². The zero-order valence-corrected chi connectivity index (χ0v) is 13.8. The van der Waals surface area contributed by atoms with Gasteiger partial charge in [-0.3, -0.25) is 14.4 Å². The van der Waals surface area contributed by atoms with Crippen molar-refractivity contribution in [3.8, 4) is 0 Å². The molecule has 4 nitrogen and oxygen atoms in total. The van der Waals surface area contributed by atoms with Crippen LogP contribution in [0.5, 0.6) is 0 Å². The van der Waals surface area contributed by atoms with E-state index in [0.29, 0.717) is 34.8 Å². The van der Waals surface area contributed by atoms with Crippen molar-refractivity contribution in [1.29, 1.82) is 0 Å². The van der Waals surface area contributed by atoms with E-state index in [1.807, 2.05) is 0 Å². The molecule has 0 N–H and O–H groups in total. The second-order valence-corrected chi connectivity index (χ2v) is 6.11. The minimum Gasteiger partial charge on any atom is -0.311 e. The van der Waals surface area contributed by atoms with Gasteiger partial charge in [-0.1, -0.05) is 35.9 Å². The first-order valence-corrected chi connectivity index (χ1v) is 8.15. The molecule has 0 aliphatic carbocycles. The van der Waals surface area contributed by atoms with Gasteiger partial charge in [0, 0.05) is 42.0 Å². The number of carbonyl (C=O) groups is 3. The molecule has 0 saturated heterocycles. The average Bonchev–Trinajstić information content (AvgIpc) is 2.60. The smallest absolute Gasteiger partial charge is 0.227 e. The summed E-state index contributed by atoms with van der Waals surface area (Å²) in [5, 5.41) is 0.496. The molecule has 2 aromatic rings. The number of benzene rings is 2. The molecule has 122 valence electrons. The molecule has 2 aromatic carbocycles. The van der Waals surface area contributed by atoms with Crippen LogP contribution in [0.15, 0.2) is 48.5 Å². The van der Waals surface area contributed by atoms with Crippen molar-refractivity contribution in [2.24, 2.45) is 0 Å². The number of amides is 1. The quantitative estimate of drug-likeness (QED) is 0.792. The fourth-order valence-corrected chi connectivity index (χ4v) is 3.02. The Balaban J connectivity index is 1.69. The van der Waals surface area contributed by atoms with Crippen LogP contribution in [0.1, 0.15) is 40.0 Å². The Bertz CT molecular complexity index is 816. The number of carbonyl (C=O) groups excluding carboxylic acids is 3. The van der Waals surface area contributed by atoms with Crippen LogP contribution in [0.2, 0.25) is 5.02 Å². The fraction of sp³-hybridized carbons (Fsp3) is 0.211. The second kappa shape index (κ2) is 6.97. The molecular weight excluding hydrogens is 326 g/mol. The lowest BCUT2D eigenvalue weighted by molar-refractivity contribution is -0.118. The van der Waals surface area contributed by atoms with Crippen molar-refractivity contribution in [3.05, 3.63) is 64.7 Å². The zero-order valence-electron chi connectivity index (χ0n) is 13.0. The lowest BCUT2D eigenvalue weighted by Crippen LogP contribution is -2.37. The van der Waals surface area contributed by atoms with Gasteiger partial charge in [-0.15, -0.1) is 0 Å². The molecule has 3 rings (SSSR count). The summed E-state index contributed by atoms with van der Waals surface area (Å²) >= 11 is 5.88. The Hall–Kier alpha value is -2.46. The largest absolute Gasteiger partial charge is 0.311 e. The number of hydrogen-bond acceptors (Lipinski definition) is 3. The Labute approximate surface area is 145 Å². The summed E-state index contributed by atoms with van der Waals surface area (Å²) in [6.45, 7) is 0.361. The lowest BCUT2D eigenvalue weighted by atomic mass is 9.99. The van der Waals surface area contributed by atoms with Crippen LogP contribution in [-0.4, -0.2) is 24.0 Å². The standard InChI is InChI=1S/C19H16ClNO3/c20-14-5-3-4-13(12-14)17(22)8-9-19(24)21-11-10-18(23)15-6-1-2-7-16(15)21/h1-7,12H,8-11H2. The molecule has 0 atom stereocenters. The topological polar surface area (TPSA) is 54.5 Å². The van der Waals surface area contributed by atoms with E-state index in [1.165, 1.54) is 0 Å². The van der Waals surface area contributed by atoms with Crippen molar-refractivity contribution in [2.75, 3.05) is 11.4 Å². The van der Waals surface area contributed by atoms with Crippen molar-refractivity contribution in [2.45, 2.75) is 19.3 Å². The molecule has 1 aliphatic heterocycles. The highest BCUT2D eigenvalue weighted by Crippen LogP contribution is 2.27. The van der Waals surface area contributed by atoms with Gasteiger partial charge in [-0.25, -0.2) is 0 Å². The fourth-order valence-electron chi connectivity index (χ4n) is 2.83. The highest BCUT2D eigenvalue weighted by atomic mass is 35.5. The number of anilines is 1. The van der Waals surface area contributed by atoms with E-state index >= 15 is 0 Å². The number of nitrogens with zero attached hydrogens (tertiary/aromatic N) is 1. The summed E-state index contributed by atoms with van der Waals surface area (Å²) in [6, 6.07) is 13.8. The predicted octanol–water partition coefficient (Wildman–Crippen LogP) is 3.92. The maximum atomic E-state index is 12.5. The van der Waals surface area contributed by atoms with Crippen LogP contribution in [0, 0.1) is 0 Å². The van der Waals surface area contributed by atoms with Crippen LogP contribution in [0.25, 0.3) is 0 Å². The van der Waals surface area contributed by atoms with Gasteiger partial charge in [-0.2, -0.15) is 0 Å². The Kier molecular flexibility index (Phi) is 4.76. The number of rotatable bonds is 4. The Morgan fingerprint density at radius 1 is 1.04 bits per heavy atom. The molecule has 1 heterocycles. The highest BCUT2D eigenvalue weighted by Gasteiger charge is 2.26. The molecule has 5 heteroatoms.